The second-order valence-corrected chi connectivity index (χ2v) is 5.94. The van der Waals surface area contributed by atoms with Crippen LogP contribution in [0.2, 0.25) is 5.02 Å². The van der Waals surface area contributed by atoms with E-state index in [1.54, 1.807) is 6.07 Å². The van der Waals surface area contributed by atoms with Crippen molar-refractivity contribution in [2.45, 2.75) is 45.1 Å². The Hall–Kier alpha value is -0.640. The summed E-state index contributed by atoms with van der Waals surface area (Å²) < 4.78 is 13.4. The van der Waals surface area contributed by atoms with E-state index in [9.17, 15) is 4.39 Å². The van der Waals surface area contributed by atoms with E-state index < -0.39 is 0 Å². The zero-order valence-electron chi connectivity index (χ0n) is 10.7. The molecule has 1 atom stereocenters. The number of nitrogens with two attached hydrogens (primary N) is 1. The Morgan fingerprint density at radius 1 is 1.44 bits per heavy atom. The van der Waals surface area contributed by atoms with Gasteiger partial charge in [-0.1, -0.05) is 37.4 Å². The Balaban J connectivity index is 2.12. The van der Waals surface area contributed by atoms with Crippen LogP contribution in [0.25, 0.3) is 0 Å². The van der Waals surface area contributed by atoms with Crippen molar-refractivity contribution < 1.29 is 4.39 Å². The number of hydrazine groups is 1. The first-order chi connectivity index (χ1) is 8.55. The van der Waals surface area contributed by atoms with Crippen molar-refractivity contribution in [3.63, 3.8) is 0 Å². The predicted molar refractivity (Wildman–Crippen MR) is 72.8 cm³/mol. The van der Waals surface area contributed by atoms with Gasteiger partial charge in [0.25, 0.3) is 0 Å². The molecule has 2 nitrogen and oxygen atoms in total. The highest BCUT2D eigenvalue weighted by Crippen LogP contribution is 2.41. The van der Waals surface area contributed by atoms with Gasteiger partial charge in [-0.05, 0) is 42.4 Å². The van der Waals surface area contributed by atoms with Crippen LogP contribution < -0.4 is 11.3 Å². The molecule has 100 valence electrons. The molecule has 1 aromatic rings. The highest BCUT2D eigenvalue weighted by Gasteiger charge is 2.36. The first kappa shape index (κ1) is 13.8. The number of hydrogen-bond acceptors (Lipinski definition) is 2. The molecule has 0 heterocycles. The van der Waals surface area contributed by atoms with Crippen molar-refractivity contribution >= 4 is 11.6 Å². The topological polar surface area (TPSA) is 38.0 Å². The molecule has 4 heteroatoms. The molecular formula is C14H20ClFN2. The molecule has 1 unspecified atom stereocenters. The molecular weight excluding hydrogens is 251 g/mol. The van der Waals surface area contributed by atoms with Gasteiger partial charge in [-0.15, -0.1) is 0 Å². The van der Waals surface area contributed by atoms with Gasteiger partial charge in [-0.3, -0.25) is 11.3 Å². The van der Waals surface area contributed by atoms with Gasteiger partial charge in [0.2, 0.25) is 0 Å². The quantitative estimate of drug-likeness (QED) is 0.650. The summed E-state index contributed by atoms with van der Waals surface area (Å²) in [5.74, 6) is 5.32. The lowest BCUT2D eigenvalue weighted by Gasteiger charge is -2.33. The molecule has 2 rings (SSSR count). The van der Waals surface area contributed by atoms with E-state index in [0.717, 1.165) is 12.0 Å². The van der Waals surface area contributed by atoms with Crippen molar-refractivity contribution in [3.05, 3.63) is 34.6 Å². The third kappa shape index (κ3) is 2.85. The first-order valence-corrected chi connectivity index (χ1v) is 6.83. The standard InChI is InChI=1S/C14H20ClFN2/c1-14(6-2-3-7-14)13(18-17)9-10-4-5-11(15)12(16)8-10/h4-5,8,13,18H,2-3,6-7,9,17H2,1H3. The molecule has 0 radical (unpaired) electrons. The summed E-state index contributed by atoms with van der Waals surface area (Å²) in [6.07, 6.45) is 5.60. The van der Waals surface area contributed by atoms with E-state index in [4.69, 9.17) is 17.4 Å². The number of hydrogen-bond donors (Lipinski definition) is 2. The maximum atomic E-state index is 13.4. The van der Waals surface area contributed by atoms with Crippen molar-refractivity contribution in [2.24, 2.45) is 11.3 Å². The van der Waals surface area contributed by atoms with E-state index in [1.807, 2.05) is 6.07 Å². The molecule has 0 spiro atoms. The molecule has 18 heavy (non-hydrogen) atoms. The van der Waals surface area contributed by atoms with Crippen LogP contribution in [0.1, 0.15) is 38.2 Å². The van der Waals surface area contributed by atoms with Gasteiger partial charge >= 0.3 is 0 Å². The van der Waals surface area contributed by atoms with Crippen LogP contribution in [0.4, 0.5) is 4.39 Å². The molecule has 0 saturated heterocycles. The monoisotopic (exact) mass is 270 g/mol. The fourth-order valence-electron chi connectivity index (χ4n) is 2.94. The highest BCUT2D eigenvalue weighted by molar-refractivity contribution is 6.30. The maximum Gasteiger partial charge on any atom is 0.142 e. The van der Waals surface area contributed by atoms with E-state index in [-0.39, 0.29) is 22.3 Å². The minimum Gasteiger partial charge on any atom is -0.271 e. The second-order valence-electron chi connectivity index (χ2n) is 5.53. The van der Waals surface area contributed by atoms with Gasteiger partial charge < -0.3 is 0 Å². The van der Waals surface area contributed by atoms with Crippen LogP contribution in [0.3, 0.4) is 0 Å². The molecule has 0 aliphatic heterocycles. The fourth-order valence-corrected chi connectivity index (χ4v) is 3.06. The molecule has 3 N–H and O–H groups in total. The Morgan fingerprint density at radius 2 is 2.11 bits per heavy atom. The van der Waals surface area contributed by atoms with E-state index in [0.29, 0.717) is 0 Å². The number of benzene rings is 1. The maximum absolute atomic E-state index is 13.4. The third-order valence-corrected chi connectivity index (χ3v) is 4.52. The molecule has 1 aromatic carbocycles. The van der Waals surface area contributed by atoms with Gasteiger partial charge in [-0.2, -0.15) is 0 Å². The number of halogens is 2. The summed E-state index contributed by atoms with van der Waals surface area (Å²) >= 11 is 5.69. The zero-order chi connectivity index (χ0) is 13.2. The Labute approximate surface area is 113 Å². The Morgan fingerprint density at radius 3 is 2.67 bits per heavy atom. The summed E-state index contributed by atoms with van der Waals surface area (Å²) in [6, 6.07) is 5.16. The summed E-state index contributed by atoms with van der Waals surface area (Å²) in [4.78, 5) is 0. The molecule has 1 aliphatic rings. The van der Waals surface area contributed by atoms with Crippen LogP contribution in [-0.4, -0.2) is 6.04 Å². The number of nitrogens with one attached hydrogen (secondary N) is 1. The van der Waals surface area contributed by atoms with Gasteiger partial charge in [0.15, 0.2) is 0 Å². The smallest absolute Gasteiger partial charge is 0.142 e. The SMILES string of the molecule is CC1(C(Cc2ccc(Cl)c(F)c2)NN)CCCC1. The molecule has 0 amide bonds. The minimum atomic E-state index is -0.360. The minimum absolute atomic E-state index is 0.170. The predicted octanol–water partition coefficient (Wildman–Crippen LogP) is 3.43. The summed E-state index contributed by atoms with van der Waals surface area (Å²) in [5, 5.41) is 0.170. The van der Waals surface area contributed by atoms with Crippen LogP contribution in [-0.2, 0) is 6.42 Å². The van der Waals surface area contributed by atoms with Crippen molar-refractivity contribution in [3.8, 4) is 0 Å². The van der Waals surface area contributed by atoms with E-state index >= 15 is 0 Å². The highest BCUT2D eigenvalue weighted by atomic mass is 35.5. The van der Waals surface area contributed by atoms with Gasteiger partial charge in [0.05, 0.1) is 5.02 Å². The molecule has 1 fully saturated rings. The summed E-state index contributed by atoms with van der Waals surface area (Å²) in [5.41, 5.74) is 4.06. The zero-order valence-corrected chi connectivity index (χ0v) is 11.4. The van der Waals surface area contributed by atoms with Gasteiger partial charge in [0.1, 0.15) is 5.82 Å². The first-order valence-electron chi connectivity index (χ1n) is 6.45. The van der Waals surface area contributed by atoms with Gasteiger partial charge in [-0.25, -0.2) is 4.39 Å². The lowest BCUT2D eigenvalue weighted by Crippen LogP contribution is -2.47. The van der Waals surface area contributed by atoms with Crippen LogP contribution in [0.5, 0.6) is 0 Å². The lowest BCUT2D eigenvalue weighted by atomic mass is 9.78. The van der Waals surface area contributed by atoms with Crippen molar-refractivity contribution in [2.75, 3.05) is 0 Å². The summed E-state index contributed by atoms with van der Waals surface area (Å²) in [7, 11) is 0. The normalized spacial score (nSPS) is 20.0. The third-order valence-electron chi connectivity index (χ3n) is 4.21. The van der Waals surface area contributed by atoms with Crippen LogP contribution >= 0.6 is 11.6 Å². The second kappa shape index (κ2) is 5.55. The average molecular weight is 271 g/mol. The van der Waals surface area contributed by atoms with Crippen molar-refractivity contribution in [1.82, 2.24) is 5.43 Å². The Kier molecular flexibility index (Phi) is 4.25. The van der Waals surface area contributed by atoms with Crippen molar-refractivity contribution in [1.29, 1.82) is 0 Å². The molecule has 0 aromatic heterocycles. The lowest BCUT2D eigenvalue weighted by molar-refractivity contribution is 0.220. The van der Waals surface area contributed by atoms with Crippen LogP contribution in [0, 0.1) is 11.2 Å². The molecule has 1 saturated carbocycles. The fraction of sp³-hybridized carbons (Fsp3) is 0.571. The average Bonchev–Trinajstić information content (AvgIpc) is 2.78. The summed E-state index contributed by atoms with van der Waals surface area (Å²) in [6.45, 7) is 2.26. The van der Waals surface area contributed by atoms with E-state index in [1.165, 1.54) is 31.7 Å². The molecule has 0 bridgehead atoms. The Bertz CT molecular complexity index is 416. The van der Waals surface area contributed by atoms with Gasteiger partial charge in [0, 0.05) is 6.04 Å². The number of rotatable bonds is 4. The molecule has 1 aliphatic carbocycles. The van der Waals surface area contributed by atoms with Crippen LogP contribution in [0.15, 0.2) is 18.2 Å². The largest absolute Gasteiger partial charge is 0.271 e. The van der Waals surface area contributed by atoms with E-state index in [2.05, 4.69) is 12.3 Å².